The van der Waals surface area contributed by atoms with Crippen molar-refractivity contribution in [2.45, 2.75) is 90.7 Å². The molecule has 40 heavy (non-hydrogen) atoms. The number of hydrogen-bond donors (Lipinski definition) is 1. The van der Waals surface area contributed by atoms with Gasteiger partial charge in [-0.05, 0) is 92.2 Å². The number of nitrogens with two attached hydrogens (primary N) is 1. The Labute approximate surface area is 238 Å². The van der Waals surface area contributed by atoms with E-state index < -0.39 is 12.0 Å². The van der Waals surface area contributed by atoms with Crippen molar-refractivity contribution < 1.29 is 23.9 Å². The smallest absolute Gasteiger partial charge is 0.323 e. The number of ketones is 1. The molecule has 4 aliphatic carbocycles. The van der Waals surface area contributed by atoms with E-state index in [4.69, 9.17) is 15.2 Å². The molecule has 3 saturated carbocycles. The number of esters is 2. The summed E-state index contributed by atoms with van der Waals surface area (Å²) in [5.74, 6) is 1.56. The summed E-state index contributed by atoms with van der Waals surface area (Å²) in [6.45, 7) is 6.44. The van der Waals surface area contributed by atoms with Crippen molar-refractivity contribution >= 4 is 17.7 Å². The minimum atomic E-state index is -0.747. The molecule has 4 aliphatic rings. The van der Waals surface area contributed by atoms with Gasteiger partial charge in [-0.2, -0.15) is 0 Å². The van der Waals surface area contributed by atoms with Gasteiger partial charge in [0.2, 0.25) is 0 Å². The number of ether oxygens (including phenoxy) is 2. The Morgan fingerprint density at radius 3 is 2.73 bits per heavy atom. The predicted molar refractivity (Wildman–Crippen MR) is 152 cm³/mol. The van der Waals surface area contributed by atoms with Crippen LogP contribution in [-0.2, 0) is 30.3 Å². The van der Waals surface area contributed by atoms with Gasteiger partial charge in [0.15, 0.2) is 5.78 Å². The third-order valence-corrected chi connectivity index (χ3v) is 10.7. The minimum Gasteiger partial charge on any atom is -0.462 e. The standard InChI is InChI=1S/C33H44N2O5/c1-21(36)40-29-11-10-26-30-22(8-5-7-17-39-31(38)28(34)20-24-9-4-6-16-35-24)18-23-19-25(37)12-14-32(23,2)27(30)13-15-33(26,29)3/h4-7,9,16,19,22,26-30H,8,10-15,17-18,20,34H2,1-3H3/b7-5+/t22?,26?,27?,28-,29-,30?,32-,33-/m0/s1. The molecular weight excluding hydrogens is 504 g/mol. The molecule has 0 saturated heterocycles. The van der Waals surface area contributed by atoms with E-state index in [0.717, 1.165) is 50.6 Å². The predicted octanol–water partition coefficient (Wildman–Crippen LogP) is 5.13. The van der Waals surface area contributed by atoms with E-state index in [0.29, 0.717) is 36.5 Å². The normalized spacial score (nSPS) is 35.8. The molecule has 216 valence electrons. The quantitative estimate of drug-likeness (QED) is 0.354. The van der Waals surface area contributed by atoms with Gasteiger partial charge < -0.3 is 15.2 Å². The fourth-order valence-corrected chi connectivity index (χ4v) is 8.69. The van der Waals surface area contributed by atoms with Gasteiger partial charge in [-0.25, -0.2) is 0 Å². The number of hydrogen-bond acceptors (Lipinski definition) is 7. The van der Waals surface area contributed by atoms with Gasteiger partial charge in [-0.3, -0.25) is 19.4 Å². The second-order valence-corrected chi connectivity index (χ2v) is 13.0. The van der Waals surface area contributed by atoms with E-state index in [1.807, 2.05) is 30.4 Å². The Kier molecular flexibility index (Phi) is 8.32. The van der Waals surface area contributed by atoms with Crippen LogP contribution < -0.4 is 5.73 Å². The first-order valence-corrected chi connectivity index (χ1v) is 15.0. The van der Waals surface area contributed by atoms with E-state index in [2.05, 4.69) is 24.9 Å². The number of pyridine rings is 1. The molecule has 1 heterocycles. The van der Waals surface area contributed by atoms with Crippen molar-refractivity contribution in [1.29, 1.82) is 0 Å². The Morgan fingerprint density at radius 1 is 1.15 bits per heavy atom. The van der Waals surface area contributed by atoms with Gasteiger partial charge in [0, 0.05) is 37.1 Å². The summed E-state index contributed by atoms with van der Waals surface area (Å²) in [7, 11) is 0. The lowest BCUT2D eigenvalue weighted by Gasteiger charge is -2.60. The van der Waals surface area contributed by atoms with Crippen LogP contribution in [0.1, 0.15) is 77.8 Å². The van der Waals surface area contributed by atoms with Crippen molar-refractivity contribution in [2.24, 2.45) is 40.2 Å². The Morgan fingerprint density at radius 2 is 1.98 bits per heavy atom. The van der Waals surface area contributed by atoms with Crippen LogP contribution in [-0.4, -0.2) is 41.5 Å². The van der Waals surface area contributed by atoms with E-state index in [1.54, 1.807) is 6.20 Å². The number of fused-ring (bicyclic) bond motifs is 5. The highest BCUT2D eigenvalue weighted by molar-refractivity contribution is 5.91. The van der Waals surface area contributed by atoms with Crippen molar-refractivity contribution in [3.05, 3.63) is 53.9 Å². The van der Waals surface area contributed by atoms with Crippen LogP contribution in [0.15, 0.2) is 48.2 Å². The van der Waals surface area contributed by atoms with Crippen molar-refractivity contribution in [2.75, 3.05) is 6.61 Å². The lowest BCUT2D eigenvalue weighted by molar-refractivity contribution is -0.158. The number of carbonyl (C=O) groups excluding carboxylic acids is 3. The molecule has 0 radical (unpaired) electrons. The fourth-order valence-electron chi connectivity index (χ4n) is 8.69. The van der Waals surface area contributed by atoms with E-state index in [1.165, 1.54) is 12.5 Å². The number of allylic oxidation sites excluding steroid dienone is 2. The first-order chi connectivity index (χ1) is 19.1. The maximum atomic E-state index is 12.4. The highest BCUT2D eigenvalue weighted by Crippen LogP contribution is 2.67. The van der Waals surface area contributed by atoms with Crippen LogP contribution in [0.3, 0.4) is 0 Å². The van der Waals surface area contributed by atoms with Gasteiger partial charge in [0.25, 0.3) is 0 Å². The van der Waals surface area contributed by atoms with Crippen LogP contribution >= 0.6 is 0 Å². The summed E-state index contributed by atoms with van der Waals surface area (Å²) in [5, 5.41) is 0. The van der Waals surface area contributed by atoms with Gasteiger partial charge in [0.05, 0.1) is 0 Å². The second kappa shape index (κ2) is 11.6. The van der Waals surface area contributed by atoms with E-state index in [-0.39, 0.29) is 35.3 Å². The molecule has 7 heteroatoms. The highest BCUT2D eigenvalue weighted by Gasteiger charge is 2.61. The fraction of sp³-hybridized carbons (Fsp3) is 0.636. The van der Waals surface area contributed by atoms with Crippen molar-refractivity contribution in [3.63, 3.8) is 0 Å². The first kappa shape index (κ1) is 28.7. The molecule has 0 aromatic carbocycles. The molecule has 1 aromatic heterocycles. The zero-order valence-electron chi connectivity index (χ0n) is 24.1. The van der Waals surface area contributed by atoms with Crippen molar-refractivity contribution in [3.8, 4) is 0 Å². The summed E-state index contributed by atoms with van der Waals surface area (Å²) in [4.78, 5) is 41.0. The lowest BCUT2D eigenvalue weighted by atomic mass is 9.44. The average molecular weight is 549 g/mol. The van der Waals surface area contributed by atoms with E-state index in [9.17, 15) is 14.4 Å². The zero-order valence-corrected chi connectivity index (χ0v) is 24.1. The number of carbonyl (C=O) groups is 3. The molecule has 3 fully saturated rings. The van der Waals surface area contributed by atoms with Gasteiger partial charge in [-0.1, -0.05) is 37.6 Å². The van der Waals surface area contributed by atoms with Crippen LogP contribution in [0.2, 0.25) is 0 Å². The van der Waals surface area contributed by atoms with E-state index >= 15 is 0 Å². The molecule has 5 rings (SSSR count). The Balaban J connectivity index is 1.27. The maximum Gasteiger partial charge on any atom is 0.323 e. The third-order valence-electron chi connectivity index (χ3n) is 10.7. The van der Waals surface area contributed by atoms with Crippen LogP contribution in [0.25, 0.3) is 0 Å². The zero-order chi connectivity index (χ0) is 28.5. The van der Waals surface area contributed by atoms with Gasteiger partial charge in [-0.15, -0.1) is 0 Å². The summed E-state index contributed by atoms with van der Waals surface area (Å²) in [5.41, 5.74) is 8.19. The van der Waals surface area contributed by atoms with Gasteiger partial charge >= 0.3 is 11.9 Å². The largest absolute Gasteiger partial charge is 0.462 e. The molecule has 0 bridgehead atoms. The summed E-state index contributed by atoms with van der Waals surface area (Å²) < 4.78 is 11.3. The minimum absolute atomic E-state index is 0.00383. The monoisotopic (exact) mass is 548 g/mol. The van der Waals surface area contributed by atoms with Crippen LogP contribution in [0, 0.1) is 34.5 Å². The lowest BCUT2D eigenvalue weighted by Crippen LogP contribution is -2.54. The summed E-state index contributed by atoms with van der Waals surface area (Å²) in [6.07, 6.45) is 15.6. The third kappa shape index (κ3) is 5.54. The number of aromatic nitrogens is 1. The number of rotatable bonds is 8. The Bertz CT molecular complexity index is 1180. The molecule has 1 aromatic rings. The van der Waals surface area contributed by atoms with Crippen LogP contribution in [0.4, 0.5) is 0 Å². The molecule has 4 unspecified atom stereocenters. The molecule has 8 atom stereocenters. The molecule has 0 aliphatic heterocycles. The topological polar surface area (TPSA) is 109 Å². The molecule has 7 nitrogen and oxygen atoms in total. The molecule has 0 spiro atoms. The molecule has 2 N–H and O–H groups in total. The molecule has 0 amide bonds. The van der Waals surface area contributed by atoms with Crippen LogP contribution in [0.5, 0.6) is 0 Å². The average Bonchev–Trinajstić information content (AvgIpc) is 3.25. The SMILES string of the molecule is CC(=O)O[C@H]1CCC2C3C(C/C=C/COC(=O)[C@@H](N)Cc4ccccn4)CC4=CC(=O)CC[C@]4(C)C3CC[C@@]21C. The number of nitrogens with zero attached hydrogens (tertiary/aromatic N) is 1. The first-order valence-electron chi connectivity index (χ1n) is 15.0. The molecular formula is C33H44N2O5. The van der Waals surface area contributed by atoms with Gasteiger partial charge in [0.1, 0.15) is 18.8 Å². The summed E-state index contributed by atoms with van der Waals surface area (Å²) in [6, 6.07) is 4.80. The maximum absolute atomic E-state index is 12.4. The van der Waals surface area contributed by atoms with Crippen molar-refractivity contribution in [1.82, 2.24) is 4.98 Å². The Hall–Kier alpha value is -2.80. The highest BCUT2D eigenvalue weighted by atomic mass is 16.5. The summed E-state index contributed by atoms with van der Waals surface area (Å²) >= 11 is 0. The second-order valence-electron chi connectivity index (χ2n) is 13.0.